The van der Waals surface area contributed by atoms with Crippen LogP contribution in [0, 0.1) is 5.82 Å². The van der Waals surface area contributed by atoms with Gasteiger partial charge >= 0.3 is 6.18 Å². The molecule has 1 N–H and O–H groups in total. The highest BCUT2D eigenvalue weighted by atomic mass is 79.9. The van der Waals surface area contributed by atoms with E-state index in [0.717, 1.165) is 12.1 Å². The number of rotatable bonds is 2. The Morgan fingerprint density at radius 3 is 2.14 bits per heavy atom. The first-order valence-corrected chi connectivity index (χ1v) is 6.65. The van der Waals surface area contributed by atoms with E-state index in [0.29, 0.717) is 17.6 Å². The summed E-state index contributed by atoms with van der Waals surface area (Å²) in [6, 6.07) is 1.66. The lowest BCUT2D eigenvalue weighted by molar-refractivity contribution is -0.187. The molecule has 2 nitrogen and oxygen atoms in total. The van der Waals surface area contributed by atoms with Crippen molar-refractivity contribution in [2.24, 2.45) is 0 Å². The Kier molecular flexibility index (Phi) is 8.49. The monoisotopic (exact) mass is 412 g/mol. The van der Waals surface area contributed by atoms with Crippen molar-refractivity contribution in [2.75, 3.05) is 26.2 Å². The van der Waals surface area contributed by atoms with Gasteiger partial charge in [0.25, 0.3) is 0 Å². The Bertz CT molecular complexity index is 433. The fourth-order valence-electron chi connectivity index (χ4n) is 2.28. The van der Waals surface area contributed by atoms with Gasteiger partial charge in [0.2, 0.25) is 0 Å². The molecule has 1 aromatic rings. The average Bonchev–Trinajstić information content (AvgIpc) is 2.27. The predicted molar refractivity (Wildman–Crippen MR) is 81.8 cm³/mol. The Balaban J connectivity index is 0.00000200. The number of benzene rings is 1. The average molecular weight is 414 g/mol. The third-order valence-electron chi connectivity index (χ3n) is 3.03. The van der Waals surface area contributed by atoms with Crippen LogP contribution in [0.5, 0.6) is 0 Å². The van der Waals surface area contributed by atoms with Crippen LogP contribution in [0.4, 0.5) is 17.6 Å². The largest absolute Gasteiger partial charge is 0.408 e. The molecular weight excluding hydrogens is 399 g/mol. The molecule has 21 heavy (non-hydrogen) atoms. The van der Waals surface area contributed by atoms with Crippen LogP contribution in [0.25, 0.3) is 0 Å². The molecule has 0 aromatic heterocycles. The zero-order chi connectivity index (χ0) is 14.0. The minimum absolute atomic E-state index is 0. The summed E-state index contributed by atoms with van der Waals surface area (Å²) >= 11 is 3.03. The van der Waals surface area contributed by atoms with E-state index in [4.69, 9.17) is 0 Å². The van der Waals surface area contributed by atoms with Crippen LogP contribution >= 0.6 is 40.7 Å². The van der Waals surface area contributed by atoms with Gasteiger partial charge in [0.05, 0.1) is 0 Å². The molecule has 1 fully saturated rings. The fourth-order valence-corrected chi connectivity index (χ4v) is 2.76. The lowest BCUT2D eigenvalue weighted by atomic mass is 10.0. The van der Waals surface area contributed by atoms with E-state index in [9.17, 15) is 17.6 Å². The van der Waals surface area contributed by atoms with Gasteiger partial charge in [-0.3, -0.25) is 4.90 Å². The second kappa shape index (κ2) is 8.53. The minimum Gasteiger partial charge on any atom is -0.314 e. The van der Waals surface area contributed by atoms with E-state index in [-0.39, 0.29) is 43.5 Å². The number of piperazine rings is 1. The number of halogens is 7. The minimum atomic E-state index is -4.43. The van der Waals surface area contributed by atoms with Gasteiger partial charge in [-0.15, -0.1) is 24.8 Å². The van der Waals surface area contributed by atoms with Crippen LogP contribution in [-0.4, -0.2) is 37.3 Å². The van der Waals surface area contributed by atoms with Gasteiger partial charge in [-0.25, -0.2) is 4.39 Å². The van der Waals surface area contributed by atoms with Crippen LogP contribution in [0.2, 0.25) is 0 Å². The van der Waals surface area contributed by atoms with E-state index < -0.39 is 18.0 Å². The molecule has 122 valence electrons. The molecule has 0 unspecified atom stereocenters. The molecule has 1 heterocycles. The van der Waals surface area contributed by atoms with Crippen LogP contribution in [0.1, 0.15) is 11.6 Å². The number of hydrogen-bond donors (Lipinski definition) is 1. The Morgan fingerprint density at radius 1 is 1.10 bits per heavy atom. The maximum Gasteiger partial charge on any atom is 0.408 e. The molecule has 0 amide bonds. The van der Waals surface area contributed by atoms with Gasteiger partial charge in [-0.05, 0) is 23.8 Å². The number of hydrogen-bond acceptors (Lipinski definition) is 2. The summed E-state index contributed by atoms with van der Waals surface area (Å²) in [5.74, 6) is -0.672. The molecule has 0 bridgehead atoms. The van der Waals surface area contributed by atoms with E-state index >= 15 is 0 Å². The Morgan fingerprint density at radius 2 is 1.67 bits per heavy atom. The van der Waals surface area contributed by atoms with Gasteiger partial charge in [0, 0.05) is 30.7 Å². The van der Waals surface area contributed by atoms with E-state index in [1.807, 2.05) is 0 Å². The van der Waals surface area contributed by atoms with Gasteiger partial charge < -0.3 is 5.32 Å². The van der Waals surface area contributed by atoms with Crippen molar-refractivity contribution < 1.29 is 17.6 Å². The molecule has 0 spiro atoms. The smallest absolute Gasteiger partial charge is 0.314 e. The molecule has 1 aliphatic heterocycles. The van der Waals surface area contributed by atoms with Crippen molar-refractivity contribution in [3.05, 3.63) is 34.1 Å². The summed E-state index contributed by atoms with van der Waals surface area (Å²) in [6.45, 7) is 1.59. The summed E-state index contributed by atoms with van der Waals surface area (Å²) in [4.78, 5) is 1.33. The molecule has 0 saturated carbocycles. The van der Waals surface area contributed by atoms with Crippen molar-refractivity contribution in [3.8, 4) is 0 Å². The van der Waals surface area contributed by atoms with Crippen molar-refractivity contribution in [1.29, 1.82) is 0 Å². The summed E-state index contributed by atoms with van der Waals surface area (Å²) < 4.78 is 53.4. The molecule has 0 radical (unpaired) electrons. The van der Waals surface area contributed by atoms with Gasteiger partial charge in [-0.2, -0.15) is 13.2 Å². The fraction of sp³-hybridized carbons (Fsp3) is 0.500. The molecule has 2 rings (SSSR count). The first-order valence-electron chi connectivity index (χ1n) is 5.85. The lowest BCUT2D eigenvalue weighted by Crippen LogP contribution is -2.49. The zero-order valence-corrected chi connectivity index (χ0v) is 14.0. The summed E-state index contributed by atoms with van der Waals surface area (Å²) in [7, 11) is 0. The van der Waals surface area contributed by atoms with Crippen LogP contribution in [0.3, 0.4) is 0 Å². The standard InChI is InChI=1S/C12H13BrF4N2.2ClH/c13-9-5-8(6-10(14)7-9)11(12(15,16)17)19-3-1-18-2-4-19;;/h5-7,11,18H,1-4H2;2*1H/t11-;;/m0../s1. The van der Waals surface area contributed by atoms with Gasteiger partial charge in [0.15, 0.2) is 0 Å². The maximum atomic E-state index is 13.3. The highest BCUT2D eigenvalue weighted by Crippen LogP contribution is 2.38. The maximum absolute atomic E-state index is 13.3. The number of alkyl halides is 3. The number of nitrogens with zero attached hydrogens (tertiary/aromatic N) is 1. The molecule has 9 heteroatoms. The molecule has 1 atom stereocenters. The second-order valence-electron chi connectivity index (χ2n) is 4.43. The third-order valence-corrected chi connectivity index (χ3v) is 3.49. The van der Waals surface area contributed by atoms with E-state index in [1.165, 1.54) is 11.0 Å². The normalized spacial score (nSPS) is 17.6. The highest BCUT2D eigenvalue weighted by molar-refractivity contribution is 9.10. The number of nitrogens with one attached hydrogen (secondary N) is 1. The van der Waals surface area contributed by atoms with Gasteiger partial charge in [0.1, 0.15) is 11.9 Å². The zero-order valence-electron chi connectivity index (χ0n) is 10.8. The van der Waals surface area contributed by atoms with Crippen molar-refractivity contribution >= 4 is 40.7 Å². The van der Waals surface area contributed by atoms with Crippen LogP contribution < -0.4 is 5.32 Å². The lowest BCUT2D eigenvalue weighted by Gasteiger charge is -2.36. The van der Waals surface area contributed by atoms with Crippen molar-refractivity contribution in [2.45, 2.75) is 12.2 Å². The van der Waals surface area contributed by atoms with E-state index in [2.05, 4.69) is 21.2 Å². The van der Waals surface area contributed by atoms with E-state index in [1.54, 1.807) is 0 Å². The third kappa shape index (κ3) is 5.56. The first-order chi connectivity index (χ1) is 8.88. The van der Waals surface area contributed by atoms with Gasteiger partial charge in [-0.1, -0.05) is 15.9 Å². The molecule has 1 aromatic carbocycles. The summed E-state index contributed by atoms with van der Waals surface area (Å²) in [6.07, 6.45) is -4.43. The quantitative estimate of drug-likeness (QED) is 0.738. The molecular formula is C12H15BrCl2F4N2. The summed E-state index contributed by atoms with van der Waals surface area (Å²) in [5.41, 5.74) is -0.0683. The van der Waals surface area contributed by atoms with Crippen LogP contribution in [-0.2, 0) is 0 Å². The molecule has 1 aliphatic rings. The topological polar surface area (TPSA) is 15.3 Å². The Labute approximate surface area is 141 Å². The predicted octanol–water partition coefficient (Wildman–Crippen LogP) is 3.94. The summed E-state index contributed by atoms with van der Waals surface area (Å²) in [5, 5.41) is 3.00. The van der Waals surface area contributed by atoms with Crippen molar-refractivity contribution in [3.63, 3.8) is 0 Å². The first kappa shape index (κ1) is 20.9. The SMILES string of the molecule is Cl.Cl.Fc1cc(Br)cc([C@H](N2CCNCC2)C(F)(F)F)c1. The van der Waals surface area contributed by atoms with Crippen molar-refractivity contribution in [1.82, 2.24) is 10.2 Å². The second-order valence-corrected chi connectivity index (χ2v) is 5.35. The molecule has 1 saturated heterocycles. The molecule has 0 aliphatic carbocycles. The Hall–Kier alpha value is -0.0800. The van der Waals surface area contributed by atoms with Crippen LogP contribution in [0.15, 0.2) is 22.7 Å². The highest BCUT2D eigenvalue weighted by Gasteiger charge is 2.45.